The third-order valence-electron chi connectivity index (χ3n) is 2.51. The molecule has 0 spiro atoms. The van der Waals surface area contributed by atoms with Gasteiger partial charge in [-0.2, -0.15) is 0 Å². The maximum Gasteiger partial charge on any atom is 0.251 e. The van der Waals surface area contributed by atoms with Crippen molar-refractivity contribution in [2.75, 3.05) is 24.2 Å². The zero-order valence-electron chi connectivity index (χ0n) is 9.26. The van der Waals surface area contributed by atoms with Crippen LogP contribution in [0, 0.1) is 0 Å². The molecule has 0 saturated carbocycles. The molecule has 1 aliphatic rings. The summed E-state index contributed by atoms with van der Waals surface area (Å²) in [6.45, 7) is 0.580. The molecule has 0 fully saturated rings. The molecule has 0 bridgehead atoms. The van der Waals surface area contributed by atoms with Crippen molar-refractivity contribution in [3.8, 4) is 0 Å². The normalized spacial score (nSPS) is 14.1. The molecule has 17 heavy (non-hydrogen) atoms. The molecule has 0 atom stereocenters. The zero-order valence-corrected chi connectivity index (χ0v) is 10.8. The van der Waals surface area contributed by atoms with Crippen LogP contribution in [-0.2, 0) is 4.79 Å². The van der Waals surface area contributed by atoms with E-state index in [1.807, 2.05) is 0 Å². The van der Waals surface area contributed by atoms with E-state index in [2.05, 4.69) is 31.9 Å². The van der Waals surface area contributed by atoms with Crippen molar-refractivity contribution in [2.45, 2.75) is 6.42 Å². The van der Waals surface area contributed by atoms with Gasteiger partial charge in [-0.1, -0.05) is 0 Å². The molecule has 1 aromatic rings. The summed E-state index contributed by atoms with van der Waals surface area (Å²) in [7, 11) is 1.57. The molecule has 1 heterocycles. The Labute approximate surface area is 107 Å². The van der Waals surface area contributed by atoms with Crippen LogP contribution in [0.1, 0.15) is 16.8 Å². The Hall–Kier alpha value is -1.56. The summed E-state index contributed by atoms with van der Waals surface area (Å²) >= 11 is 3.39. The second kappa shape index (κ2) is 4.75. The van der Waals surface area contributed by atoms with E-state index in [1.54, 1.807) is 19.2 Å². The Morgan fingerprint density at radius 1 is 1.47 bits per heavy atom. The average molecular weight is 298 g/mol. The highest BCUT2D eigenvalue weighted by atomic mass is 79.9. The van der Waals surface area contributed by atoms with Crippen LogP contribution in [0.2, 0.25) is 0 Å². The molecule has 0 unspecified atom stereocenters. The predicted molar refractivity (Wildman–Crippen MR) is 69.3 cm³/mol. The molecule has 0 radical (unpaired) electrons. The SMILES string of the molecule is CNC(=O)c1cc(Br)c2c(c1)NC(=O)CCN2. The van der Waals surface area contributed by atoms with Crippen molar-refractivity contribution in [1.29, 1.82) is 0 Å². The molecule has 0 saturated heterocycles. The lowest BCUT2D eigenvalue weighted by atomic mass is 10.1. The van der Waals surface area contributed by atoms with Crippen LogP contribution < -0.4 is 16.0 Å². The van der Waals surface area contributed by atoms with Crippen molar-refractivity contribution in [3.05, 3.63) is 22.2 Å². The Kier molecular flexibility index (Phi) is 3.33. The molecule has 0 aromatic heterocycles. The lowest BCUT2D eigenvalue weighted by molar-refractivity contribution is -0.115. The number of hydrogen-bond donors (Lipinski definition) is 3. The summed E-state index contributed by atoms with van der Waals surface area (Å²) < 4.78 is 0.760. The van der Waals surface area contributed by atoms with Crippen LogP contribution in [0.5, 0.6) is 0 Å². The summed E-state index contributed by atoms with van der Waals surface area (Å²) in [4.78, 5) is 23.0. The van der Waals surface area contributed by atoms with Gasteiger partial charge in [0.2, 0.25) is 5.91 Å². The minimum absolute atomic E-state index is 0.0581. The maximum atomic E-state index is 11.6. The maximum absolute atomic E-state index is 11.6. The minimum Gasteiger partial charge on any atom is -0.382 e. The lowest BCUT2D eigenvalue weighted by Gasteiger charge is -2.12. The molecule has 90 valence electrons. The Morgan fingerprint density at radius 2 is 2.24 bits per heavy atom. The van der Waals surface area contributed by atoms with Crippen molar-refractivity contribution in [2.24, 2.45) is 0 Å². The van der Waals surface area contributed by atoms with E-state index in [9.17, 15) is 9.59 Å². The third kappa shape index (κ3) is 2.41. The number of anilines is 2. The first kappa shape index (κ1) is 11.9. The number of amides is 2. The smallest absolute Gasteiger partial charge is 0.251 e. The van der Waals surface area contributed by atoms with Crippen molar-refractivity contribution >= 4 is 39.1 Å². The van der Waals surface area contributed by atoms with Gasteiger partial charge in [0.1, 0.15) is 0 Å². The second-order valence-electron chi connectivity index (χ2n) is 3.68. The highest BCUT2D eigenvalue weighted by Gasteiger charge is 2.17. The number of nitrogens with one attached hydrogen (secondary N) is 3. The fraction of sp³-hybridized carbons (Fsp3) is 0.273. The molecule has 2 amide bonds. The van der Waals surface area contributed by atoms with E-state index < -0.39 is 0 Å². The van der Waals surface area contributed by atoms with E-state index in [4.69, 9.17) is 0 Å². The Bertz CT molecular complexity index is 488. The average Bonchev–Trinajstić information content (AvgIpc) is 2.49. The van der Waals surface area contributed by atoms with E-state index in [0.29, 0.717) is 24.2 Å². The number of fused-ring (bicyclic) bond motifs is 1. The minimum atomic E-state index is -0.188. The summed E-state index contributed by atoms with van der Waals surface area (Å²) in [5, 5.41) is 8.47. The molecule has 6 heteroatoms. The highest BCUT2D eigenvalue weighted by molar-refractivity contribution is 9.10. The van der Waals surface area contributed by atoms with Gasteiger partial charge in [0, 0.05) is 30.0 Å². The summed E-state index contributed by atoms with van der Waals surface area (Å²) in [5.41, 5.74) is 1.94. The van der Waals surface area contributed by atoms with Crippen LogP contribution >= 0.6 is 15.9 Å². The summed E-state index contributed by atoms with van der Waals surface area (Å²) in [6, 6.07) is 3.39. The summed E-state index contributed by atoms with van der Waals surface area (Å²) in [6.07, 6.45) is 0.413. The number of rotatable bonds is 1. The fourth-order valence-electron chi connectivity index (χ4n) is 1.67. The van der Waals surface area contributed by atoms with E-state index in [-0.39, 0.29) is 11.8 Å². The molecule has 1 aromatic carbocycles. The number of carbonyl (C=O) groups is 2. The van der Waals surface area contributed by atoms with Gasteiger partial charge in [-0.05, 0) is 28.1 Å². The third-order valence-corrected chi connectivity index (χ3v) is 3.13. The first-order chi connectivity index (χ1) is 8.11. The van der Waals surface area contributed by atoms with Crippen LogP contribution in [0.25, 0.3) is 0 Å². The summed E-state index contributed by atoms with van der Waals surface area (Å²) in [5.74, 6) is -0.246. The molecular weight excluding hydrogens is 286 g/mol. The van der Waals surface area contributed by atoms with Gasteiger partial charge in [-0.3, -0.25) is 9.59 Å². The van der Waals surface area contributed by atoms with E-state index in [1.165, 1.54) is 0 Å². The van der Waals surface area contributed by atoms with E-state index in [0.717, 1.165) is 10.2 Å². The second-order valence-corrected chi connectivity index (χ2v) is 4.54. The quantitative estimate of drug-likeness (QED) is 0.737. The number of hydrogen-bond acceptors (Lipinski definition) is 3. The van der Waals surface area contributed by atoms with Crippen LogP contribution in [-0.4, -0.2) is 25.4 Å². The standard InChI is InChI=1S/C11H12BrN3O2/c1-13-11(17)6-4-7(12)10-8(5-6)15-9(16)2-3-14-10/h4-5,14H,2-3H2,1H3,(H,13,17)(H,15,16). The van der Waals surface area contributed by atoms with Gasteiger partial charge in [-0.15, -0.1) is 0 Å². The Balaban J connectivity index is 2.47. The lowest BCUT2D eigenvalue weighted by Crippen LogP contribution is -2.18. The molecule has 1 aliphatic heterocycles. The largest absolute Gasteiger partial charge is 0.382 e. The molecule has 5 nitrogen and oxygen atoms in total. The van der Waals surface area contributed by atoms with Crippen LogP contribution in [0.3, 0.4) is 0 Å². The topological polar surface area (TPSA) is 70.2 Å². The molecular formula is C11H12BrN3O2. The molecule has 0 aliphatic carbocycles. The van der Waals surface area contributed by atoms with Crippen molar-refractivity contribution < 1.29 is 9.59 Å². The first-order valence-electron chi connectivity index (χ1n) is 5.21. The van der Waals surface area contributed by atoms with Crippen LogP contribution in [0.15, 0.2) is 16.6 Å². The zero-order chi connectivity index (χ0) is 12.4. The van der Waals surface area contributed by atoms with E-state index >= 15 is 0 Å². The first-order valence-corrected chi connectivity index (χ1v) is 6.00. The molecule has 2 rings (SSSR count). The Morgan fingerprint density at radius 3 is 2.94 bits per heavy atom. The fourth-order valence-corrected chi connectivity index (χ4v) is 2.27. The van der Waals surface area contributed by atoms with Gasteiger partial charge in [-0.25, -0.2) is 0 Å². The number of benzene rings is 1. The van der Waals surface area contributed by atoms with Crippen LogP contribution in [0.4, 0.5) is 11.4 Å². The predicted octanol–water partition coefficient (Wildman–Crippen LogP) is 1.56. The van der Waals surface area contributed by atoms with Gasteiger partial charge in [0.05, 0.1) is 11.4 Å². The van der Waals surface area contributed by atoms with Gasteiger partial charge >= 0.3 is 0 Å². The van der Waals surface area contributed by atoms with Crippen molar-refractivity contribution in [1.82, 2.24) is 5.32 Å². The monoisotopic (exact) mass is 297 g/mol. The van der Waals surface area contributed by atoms with Crippen molar-refractivity contribution in [3.63, 3.8) is 0 Å². The number of halogens is 1. The molecule has 3 N–H and O–H groups in total. The van der Waals surface area contributed by atoms with Gasteiger partial charge < -0.3 is 16.0 Å². The highest BCUT2D eigenvalue weighted by Crippen LogP contribution is 2.33. The number of carbonyl (C=O) groups excluding carboxylic acids is 2. The van der Waals surface area contributed by atoms with Gasteiger partial charge in [0.25, 0.3) is 5.91 Å². The van der Waals surface area contributed by atoms with Gasteiger partial charge in [0.15, 0.2) is 0 Å².